The van der Waals surface area contributed by atoms with Gasteiger partial charge in [0.25, 0.3) is 0 Å². The Morgan fingerprint density at radius 2 is 0.833 bits per heavy atom. The first-order valence-electron chi connectivity index (χ1n) is 12.7. The number of unbranched alkanes of at least 4 members (excludes halogenated alkanes) is 11. The van der Waals surface area contributed by atoms with Crippen LogP contribution in [0.2, 0.25) is 0 Å². The van der Waals surface area contributed by atoms with Gasteiger partial charge in [0, 0.05) is 6.54 Å². The Morgan fingerprint density at radius 3 is 1.30 bits per heavy atom. The molecule has 0 spiro atoms. The van der Waals surface area contributed by atoms with Crippen molar-refractivity contribution in [3.8, 4) is 0 Å². The van der Waals surface area contributed by atoms with E-state index in [1.54, 1.807) is 0 Å². The molecule has 0 aromatic heterocycles. The molecule has 0 aromatic carbocycles. The highest BCUT2D eigenvalue weighted by Crippen LogP contribution is 2.10. The molecule has 0 aliphatic carbocycles. The van der Waals surface area contributed by atoms with Crippen molar-refractivity contribution < 1.29 is 42.9 Å². The number of nitrogens with one attached hydrogen (secondary N) is 1. The van der Waals surface area contributed by atoms with Gasteiger partial charge >= 0.3 is 0 Å². The van der Waals surface area contributed by atoms with Gasteiger partial charge in [-0.1, -0.05) is 65.2 Å². The number of hydrogen-bond acceptors (Lipinski definition) is 1. The summed E-state index contributed by atoms with van der Waals surface area (Å²) < 4.78 is 2.32. The van der Waals surface area contributed by atoms with Crippen LogP contribution in [0, 0.1) is 0 Å². The molecule has 3 nitrogen and oxygen atoms in total. The number of hydrogen-bond donors (Lipinski definition) is 1. The van der Waals surface area contributed by atoms with E-state index in [0.717, 1.165) is 11.2 Å². The van der Waals surface area contributed by atoms with Crippen LogP contribution in [0.5, 0.6) is 0 Å². The molecule has 0 saturated heterocycles. The van der Waals surface area contributed by atoms with E-state index < -0.39 is 0 Å². The second-order valence-corrected chi connectivity index (χ2v) is 10.4. The van der Waals surface area contributed by atoms with Crippen LogP contribution in [0.3, 0.4) is 0 Å². The summed E-state index contributed by atoms with van der Waals surface area (Å²) in [7, 11) is 9.58. The Kier molecular flexibility index (Phi) is 27.2. The molecule has 1 N–H and O–H groups in total. The Bertz CT molecular complexity index is 304. The fraction of sp³-hybridized carbons (Fsp3) is 1.00. The summed E-state index contributed by atoms with van der Waals surface area (Å²) in [6.07, 6.45) is 19.5. The average molecular weight is 560 g/mol. The molecule has 0 amide bonds. The van der Waals surface area contributed by atoms with Crippen LogP contribution in [-0.4, -0.2) is 70.0 Å². The molecular formula is C25H57Br2N3. The minimum Gasteiger partial charge on any atom is -1.00 e. The zero-order valence-electron chi connectivity index (χ0n) is 21.6. The number of quaternary nitrogens is 2. The summed E-state index contributed by atoms with van der Waals surface area (Å²) in [4.78, 5) is 0. The monoisotopic (exact) mass is 557 g/mol. The largest absolute Gasteiger partial charge is 1.00 e. The molecule has 0 unspecified atom stereocenters. The summed E-state index contributed by atoms with van der Waals surface area (Å²) in [5.74, 6) is 0. The minimum absolute atomic E-state index is 0. The lowest BCUT2D eigenvalue weighted by Crippen LogP contribution is -3.00. The normalized spacial score (nSPS) is 11.8. The van der Waals surface area contributed by atoms with Crippen LogP contribution < -0.4 is 39.3 Å². The fourth-order valence-corrected chi connectivity index (χ4v) is 4.00. The Morgan fingerprint density at radius 1 is 0.467 bits per heavy atom. The first-order valence-corrected chi connectivity index (χ1v) is 12.7. The maximum atomic E-state index is 3.71. The van der Waals surface area contributed by atoms with Crippen molar-refractivity contribution in [2.24, 2.45) is 0 Å². The lowest BCUT2D eigenvalue weighted by molar-refractivity contribution is -0.893. The second kappa shape index (κ2) is 23.0. The SMILES string of the molecule is CCCCCCCC[N+](C)(C)CCCCNC[N+](C)(C)CCCCCCCC.[Br-].[Br-]. The Balaban J connectivity index is -0.00000364. The van der Waals surface area contributed by atoms with Gasteiger partial charge in [-0.05, 0) is 38.5 Å². The zero-order valence-corrected chi connectivity index (χ0v) is 24.8. The highest BCUT2D eigenvalue weighted by molar-refractivity contribution is 4.48. The van der Waals surface area contributed by atoms with Crippen LogP contribution in [0.25, 0.3) is 0 Å². The van der Waals surface area contributed by atoms with E-state index in [4.69, 9.17) is 0 Å². The molecule has 5 heteroatoms. The van der Waals surface area contributed by atoms with Crippen LogP contribution in [0.15, 0.2) is 0 Å². The van der Waals surface area contributed by atoms with E-state index in [0.29, 0.717) is 0 Å². The maximum absolute atomic E-state index is 3.71. The third-order valence-corrected chi connectivity index (χ3v) is 6.14. The zero-order chi connectivity index (χ0) is 21.1. The van der Waals surface area contributed by atoms with Crippen molar-refractivity contribution in [3.63, 3.8) is 0 Å². The van der Waals surface area contributed by atoms with Crippen LogP contribution >= 0.6 is 0 Å². The molecule has 186 valence electrons. The topological polar surface area (TPSA) is 12.0 Å². The van der Waals surface area contributed by atoms with Gasteiger partial charge in [0.15, 0.2) is 0 Å². The highest BCUT2D eigenvalue weighted by atomic mass is 79.9. The lowest BCUT2D eigenvalue weighted by Gasteiger charge is -2.31. The minimum atomic E-state index is 0. The molecule has 0 heterocycles. The van der Waals surface area contributed by atoms with E-state index in [1.165, 1.54) is 121 Å². The van der Waals surface area contributed by atoms with Crippen molar-refractivity contribution in [2.45, 2.75) is 104 Å². The van der Waals surface area contributed by atoms with Gasteiger partial charge in [0.05, 0.1) is 47.8 Å². The van der Waals surface area contributed by atoms with E-state index in [1.807, 2.05) is 0 Å². The first kappa shape index (κ1) is 35.4. The molecule has 0 aromatic rings. The summed E-state index contributed by atoms with van der Waals surface area (Å²) in [5, 5.41) is 3.71. The van der Waals surface area contributed by atoms with Crippen molar-refractivity contribution in [3.05, 3.63) is 0 Å². The Labute approximate surface area is 212 Å². The van der Waals surface area contributed by atoms with Crippen LogP contribution in [0.1, 0.15) is 104 Å². The van der Waals surface area contributed by atoms with E-state index >= 15 is 0 Å². The summed E-state index contributed by atoms with van der Waals surface area (Å²) >= 11 is 0. The second-order valence-electron chi connectivity index (χ2n) is 10.4. The maximum Gasteiger partial charge on any atom is 0.132 e. The van der Waals surface area contributed by atoms with Crippen molar-refractivity contribution in [2.75, 3.05) is 61.0 Å². The van der Waals surface area contributed by atoms with Gasteiger partial charge in [-0.15, -0.1) is 0 Å². The summed E-state index contributed by atoms with van der Waals surface area (Å²) in [6.45, 7) is 10.9. The van der Waals surface area contributed by atoms with E-state index in [9.17, 15) is 0 Å². The number of nitrogens with zero attached hydrogens (tertiary/aromatic N) is 2. The Hall–Kier alpha value is 0.840. The van der Waals surface area contributed by atoms with Crippen molar-refractivity contribution in [1.29, 1.82) is 0 Å². The fourth-order valence-electron chi connectivity index (χ4n) is 4.00. The van der Waals surface area contributed by atoms with Crippen LogP contribution in [-0.2, 0) is 0 Å². The molecule has 0 rings (SSSR count). The molecule has 30 heavy (non-hydrogen) atoms. The number of rotatable bonds is 21. The van der Waals surface area contributed by atoms with Crippen molar-refractivity contribution in [1.82, 2.24) is 5.32 Å². The molecule has 0 aliphatic rings. The van der Waals surface area contributed by atoms with Gasteiger partial charge in [0.1, 0.15) is 6.67 Å². The lowest BCUT2D eigenvalue weighted by atomic mass is 10.1. The van der Waals surface area contributed by atoms with Gasteiger partial charge in [-0.2, -0.15) is 0 Å². The standard InChI is InChI=1S/C25H57N3.2BrH/c1-7-9-11-13-15-18-22-27(3,4)23-20-17-21-26-25-28(5,6)24-19-16-14-12-10-8-2;;/h26H,7-25H2,1-6H3;2*1H/q+2;;/p-2. The quantitative estimate of drug-likeness (QED) is 0.120. The predicted molar refractivity (Wildman–Crippen MR) is 128 cm³/mol. The highest BCUT2D eigenvalue weighted by Gasteiger charge is 2.15. The van der Waals surface area contributed by atoms with Gasteiger partial charge in [-0.3, -0.25) is 5.32 Å². The summed E-state index contributed by atoms with van der Waals surface area (Å²) in [6, 6.07) is 0. The molecular weight excluding hydrogens is 502 g/mol. The molecule has 0 fully saturated rings. The molecule has 0 atom stereocenters. The van der Waals surface area contributed by atoms with Gasteiger partial charge < -0.3 is 42.9 Å². The molecule has 0 radical (unpaired) electrons. The molecule has 0 bridgehead atoms. The van der Waals surface area contributed by atoms with Crippen LogP contribution in [0.4, 0.5) is 0 Å². The van der Waals surface area contributed by atoms with E-state index in [2.05, 4.69) is 47.4 Å². The number of halogens is 2. The van der Waals surface area contributed by atoms with Gasteiger partial charge in [0.2, 0.25) is 0 Å². The third-order valence-electron chi connectivity index (χ3n) is 6.14. The predicted octanol–water partition coefficient (Wildman–Crippen LogP) is 0.196. The third kappa shape index (κ3) is 25.1. The molecule has 0 aliphatic heterocycles. The average Bonchev–Trinajstić information content (AvgIpc) is 2.64. The molecule has 0 saturated carbocycles. The smallest absolute Gasteiger partial charge is 0.132 e. The summed E-state index contributed by atoms with van der Waals surface area (Å²) in [5.41, 5.74) is 0. The van der Waals surface area contributed by atoms with E-state index in [-0.39, 0.29) is 34.0 Å². The first-order chi connectivity index (χ1) is 13.3. The van der Waals surface area contributed by atoms with Crippen molar-refractivity contribution >= 4 is 0 Å². The van der Waals surface area contributed by atoms with Gasteiger partial charge in [-0.25, -0.2) is 0 Å².